The number of phenols is 1. The van der Waals surface area contributed by atoms with Crippen molar-refractivity contribution in [2.45, 2.75) is 6.42 Å². The Kier molecular flexibility index (Phi) is 3.29. The van der Waals surface area contributed by atoms with Gasteiger partial charge in [0.1, 0.15) is 11.5 Å². The minimum Gasteiger partial charge on any atom is -0.508 e. The summed E-state index contributed by atoms with van der Waals surface area (Å²) in [5.41, 5.74) is 1.02. The summed E-state index contributed by atoms with van der Waals surface area (Å²) >= 11 is 0. The van der Waals surface area contributed by atoms with Crippen LogP contribution >= 0.6 is 0 Å². The smallest absolute Gasteiger partial charge is 0.153 e. The summed E-state index contributed by atoms with van der Waals surface area (Å²) in [6.45, 7) is 3.57. The maximum absolute atomic E-state index is 10.7. The number of allylic oxidation sites excluding steroid dienone is 1. The molecule has 3 heteroatoms. The van der Waals surface area contributed by atoms with E-state index in [0.29, 0.717) is 29.6 Å². The highest BCUT2D eigenvalue weighted by Crippen LogP contribution is 2.31. The molecule has 0 saturated carbocycles. The highest BCUT2D eigenvalue weighted by molar-refractivity contribution is 5.81. The number of benzene rings is 1. The van der Waals surface area contributed by atoms with Gasteiger partial charge in [-0.05, 0) is 18.6 Å². The van der Waals surface area contributed by atoms with Crippen molar-refractivity contribution in [3.8, 4) is 11.5 Å². The topological polar surface area (TPSA) is 46.5 Å². The number of carbonyl (C=O) groups is 1. The highest BCUT2D eigenvalue weighted by Gasteiger charge is 2.11. The number of aromatic hydroxyl groups is 1. The predicted molar refractivity (Wildman–Crippen MR) is 53.9 cm³/mol. The molecule has 0 aliphatic carbocycles. The molecule has 3 nitrogen and oxygen atoms in total. The second-order valence-corrected chi connectivity index (χ2v) is 2.80. The number of carbonyl (C=O) groups excluding carboxylic acids is 1. The molecule has 0 saturated heterocycles. The largest absolute Gasteiger partial charge is 0.508 e. The molecule has 0 heterocycles. The minimum atomic E-state index is 0.118. The summed E-state index contributed by atoms with van der Waals surface area (Å²) in [6, 6.07) is 3.00. The van der Waals surface area contributed by atoms with Crippen LogP contribution in [0.2, 0.25) is 0 Å². The Morgan fingerprint density at radius 2 is 2.29 bits per heavy atom. The Bertz CT molecular complexity index is 356. The number of rotatable bonds is 4. The fourth-order valence-electron chi connectivity index (χ4n) is 1.31. The molecule has 0 radical (unpaired) electrons. The Hall–Kier alpha value is -1.77. The molecule has 0 amide bonds. The van der Waals surface area contributed by atoms with E-state index in [9.17, 15) is 9.90 Å². The van der Waals surface area contributed by atoms with E-state index in [-0.39, 0.29) is 5.75 Å². The molecule has 1 aromatic rings. The maximum atomic E-state index is 10.7. The first kappa shape index (κ1) is 10.3. The molecule has 0 unspecified atom stereocenters. The zero-order valence-electron chi connectivity index (χ0n) is 7.99. The summed E-state index contributed by atoms with van der Waals surface area (Å²) in [5, 5.41) is 9.53. The Morgan fingerprint density at radius 3 is 2.79 bits per heavy atom. The van der Waals surface area contributed by atoms with E-state index in [1.165, 1.54) is 19.2 Å². The van der Waals surface area contributed by atoms with Crippen molar-refractivity contribution in [1.29, 1.82) is 0 Å². The maximum Gasteiger partial charge on any atom is 0.153 e. The van der Waals surface area contributed by atoms with Crippen LogP contribution in [0, 0.1) is 0 Å². The number of methoxy groups -OCH3 is 1. The predicted octanol–water partition coefficient (Wildman–Crippen LogP) is 1.94. The standard InChI is InChI=1S/C11H12O3/c1-3-4-9-10(13)6-5-8(7-12)11(9)14-2/h3,5-7,13H,1,4H2,2H3. The van der Waals surface area contributed by atoms with Gasteiger partial charge in [0.05, 0.1) is 12.7 Å². The second-order valence-electron chi connectivity index (χ2n) is 2.80. The molecule has 0 spiro atoms. The van der Waals surface area contributed by atoms with E-state index >= 15 is 0 Å². The molecule has 0 fully saturated rings. The normalized spacial score (nSPS) is 9.50. The molecule has 0 bridgehead atoms. The van der Waals surface area contributed by atoms with Gasteiger partial charge >= 0.3 is 0 Å². The third kappa shape index (κ3) is 1.76. The molecule has 1 rings (SSSR count). The molecule has 14 heavy (non-hydrogen) atoms. The van der Waals surface area contributed by atoms with Gasteiger partial charge in [-0.15, -0.1) is 6.58 Å². The zero-order chi connectivity index (χ0) is 10.6. The van der Waals surface area contributed by atoms with Gasteiger partial charge in [-0.25, -0.2) is 0 Å². The van der Waals surface area contributed by atoms with Gasteiger partial charge in [-0.3, -0.25) is 4.79 Å². The number of hydrogen-bond donors (Lipinski definition) is 1. The lowest BCUT2D eigenvalue weighted by Gasteiger charge is -2.10. The van der Waals surface area contributed by atoms with Crippen LogP contribution in [-0.4, -0.2) is 18.5 Å². The lowest BCUT2D eigenvalue weighted by Crippen LogP contribution is -1.96. The lowest BCUT2D eigenvalue weighted by molar-refractivity contribution is 0.112. The van der Waals surface area contributed by atoms with E-state index in [4.69, 9.17) is 4.74 Å². The number of phenolic OH excluding ortho intramolecular Hbond substituents is 1. The first-order valence-electron chi connectivity index (χ1n) is 4.19. The van der Waals surface area contributed by atoms with Crippen molar-refractivity contribution in [3.05, 3.63) is 35.9 Å². The third-order valence-corrected chi connectivity index (χ3v) is 1.95. The summed E-state index contributed by atoms with van der Waals surface area (Å²) in [4.78, 5) is 10.7. The van der Waals surface area contributed by atoms with Gasteiger partial charge in [0.15, 0.2) is 6.29 Å². The second kappa shape index (κ2) is 4.46. The summed E-state index contributed by atoms with van der Waals surface area (Å²) in [5.74, 6) is 0.534. The van der Waals surface area contributed by atoms with Crippen molar-refractivity contribution in [2.75, 3.05) is 7.11 Å². The Labute approximate surface area is 82.6 Å². The Balaban J connectivity index is 3.33. The molecule has 0 aliphatic heterocycles. The molecule has 0 aromatic heterocycles. The monoisotopic (exact) mass is 192 g/mol. The molecular formula is C11H12O3. The van der Waals surface area contributed by atoms with Crippen LogP contribution in [0.3, 0.4) is 0 Å². The SMILES string of the molecule is C=CCc1c(O)ccc(C=O)c1OC. The van der Waals surface area contributed by atoms with Crippen LogP contribution in [0.4, 0.5) is 0 Å². The first-order valence-corrected chi connectivity index (χ1v) is 4.19. The molecule has 0 atom stereocenters. The van der Waals surface area contributed by atoms with E-state index in [1.807, 2.05) is 0 Å². The molecule has 1 aromatic carbocycles. The van der Waals surface area contributed by atoms with E-state index in [2.05, 4.69) is 6.58 Å². The first-order chi connectivity index (χ1) is 6.74. The van der Waals surface area contributed by atoms with Gasteiger partial charge in [0.25, 0.3) is 0 Å². The fourth-order valence-corrected chi connectivity index (χ4v) is 1.31. The average Bonchev–Trinajstić information content (AvgIpc) is 2.21. The highest BCUT2D eigenvalue weighted by atomic mass is 16.5. The molecule has 1 N–H and O–H groups in total. The number of hydrogen-bond acceptors (Lipinski definition) is 3. The molecule has 0 aliphatic rings. The molecular weight excluding hydrogens is 180 g/mol. The van der Waals surface area contributed by atoms with Crippen LogP contribution in [0.25, 0.3) is 0 Å². The van der Waals surface area contributed by atoms with Crippen LogP contribution in [0.15, 0.2) is 24.8 Å². The van der Waals surface area contributed by atoms with E-state index in [1.54, 1.807) is 6.08 Å². The van der Waals surface area contributed by atoms with Crippen molar-refractivity contribution < 1.29 is 14.6 Å². The summed E-state index contributed by atoms with van der Waals surface area (Å²) in [7, 11) is 1.47. The lowest BCUT2D eigenvalue weighted by atomic mass is 10.1. The van der Waals surface area contributed by atoms with E-state index < -0.39 is 0 Å². The van der Waals surface area contributed by atoms with Crippen molar-refractivity contribution >= 4 is 6.29 Å². The fraction of sp³-hybridized carbons (Fsp3) is 0.182. The van der Waals surface area contributed by atoms with E-state index in [0.717, 1.165) is 0 Å². The summed E-state index contributed by atoms with van der Waals surface area (Å²) < 4.78 is 5.06. The van der Waals surface area contributed by atoms with Gasteiger partial charge in [-0.2, -0.15) is 0 Å². The quantitative estimate of drug-likeness (QED) is 0.585. The number of ether oxygens (including phenoxy) is 1. The minimum absolute atomic E-state index is 0.118. The number of aldehydes is 1. The van der Waals surface area contributed by atoms with Gasteiger partial charge in [0.2, 0.25) is 0 Å². The molecule has 74 valence electrons. The van der Waals surface area contributed by atoms with Gasteiger partial charge in [0, 0.05) is 5.56 Å². The average molecular weight is 192 g/mol. The third-order valence-electron chi connectivity index (χ3n) is 1.95. The Morgan fingerprint density at radius 1 is 1.57 bits per heavy atom. The van der Waals surface area contributed by atoms with Crippen LogP contribution in [0.5, 0.6) is 11.5 Å². The van der Waals surface area contributed by atoms with Crippen molar-refractivity contribution in [1.82, 2.24) is 0 Å². The van der Waals surface area contributed by atoms with Crippen LogP contribution < -0.4 is 4.74 Å². The van der Waals surface area contributed by atoms with Gasteiger partial charge in [-0.1, -0.05) is 6.08 Å². The van der Waals surface area contributed by atoms with Crippen LogP contribution in [-0.2, 0) is 6.42 Å². The van der Waals surface area contributed by atoms with Crippen molar-refractivity contribution in [2.24, 2.45) is 0 Å². The van der Waals surface area contributed by atoms with Crippen molar-refractivity contribution in [3.63, 3.8) is 0 Å². The van der Waals surface area contributed by atoms with Gasteiger partial charge < -0.3 is 9.84 Å². The zero-order valence-corrected chi connectivity index (χ0v) is 7.99. The summed E-state index contributed by atoms with van der Waals surface area (Å²) in [6.07, 6.45) is 2.81. The van der Waals surface area contributed by atoms with Crippen LogP contribution in [0.1, 0.15) is 15.9 Å².